The topological polar surface area (TPSA) is 0 Å². The van der Waals surface area contributed by atoms with Gasteiger partial charge in [-0.15, -0.1) is 0 Å². The van der Waals surface area contributed by atoms with Crippen LogP contribution >= 0.6 is 0 Å². The van der Waals surface area contributed by atoms with E-state index in [2.05, 4.69) is 13.8 Å². The first kappa shape index (κ1) is 6.69. The summed E-state index contributed by atoms with van der Waals surface area (Å²) in [7, 11) is 0. The van der Waals surface area contributed by atoms with Crippen molar-refractivity contribution in [3.8, 4) is 0 Å². The van der Waals surface area contributed by atoms with Crippen molar-refractivity contribution in [3.63, 3.8) is 0 Å². The summed E-state index contributed by atoms with van der Waals surface area (Å²) in [5, 5.41) is 0. The molecule has 2 aliphatic rings. The molecule has 10 heavy (non-hydrogen) atoms. The third-order valence-corrected chi connectivity index (χ3v) is 3.85. The third-order valence-electron chi connectivity index (χ3n) is 3.85. The molecule has 0 aromatic carbocycles. The smallest absolute Gasteiger partial charge is 0.0269 e. The maximum atomic E-state index is 2.37. The Morgan fingerprint density at radius 1 is 1.20 bits per heavy atom. The summed E-state index contributed by atoms with van der Waals surface area (Å²) in [5.41, 5.74) is 0.834. The molecule has 2 rings (SSSR count). The Kier molecular flexibility index (Phi) is 1.33. The SMILES string of the molecule is CCC1(CC)CC1C1CC1. The molecule has 0 saturated heterocycles. The van der Waals surface area contributed by atoms with Crippen molar-refractivity contribution in [1.82, 2.24) is 0 Å². The summed E-state index contributed by atoms with van der Waals surface area (Å²) in [6.07, 6.45) is 7.53. The first-order chi connectivity index (χ1) is 4.82. The lowest BCUT2D eigenvalue weighted by Gasteiger charge is -2.10. The molecule has 2 saturated carbocycles. The zero-order valence-electron chi connectivity index (χ0n) is 7.19. The Morgan fingerprint density at radius 3 is 2.10 bits per heavy atom. The minimum absolute atomic E-state index is 0.834. The van der Waals surface area contributed by atoms with E-state index in [1.54, 1.807) is 19.3 Å². The maximum absolute atomic E-state index is 2.37. The molecule has 0 nitrogen and oxygen atoms in total. The molecule has 0 aromatic heterocycles. The molecule has 0 aromatic rings. The molecular formula is C10H18. The highest BCUT2D eigenvalue weighted by molar-refractivity contribution is 5.06. The van der Waals surface area contributed by atoms with Crippen LogP contribution in [0.5, 0.6) is 0 Å². The lowest BCUT2D eigenvalue weighted by molar-refractivity contribution is 0.401. The van der Waals surface area contributed by atoms with E-state index in [1.165, 1.54) is 18.8 Å². The predicted octanol–water partition coefficient (Wildman–Crippen LogP) is 3.22. The average Bonchev–Trinajstić information content (AvgIpc) is 2.84. The third kappa shape index (κ3) is 0.810. The molecule has 0 amide bonds. The van der Waals surface area contributed by atoms with Gasteiger partial charge in [0.05, 0.1) is 0 Å². The monoisotopic (exact) mass is 138 g/mol. The zero-order valence-corrected chi connectivity index (χ0v) is 7.19. The predicted molar refractivity (Wildman–Crippen MR) is 43.8 cm³/mol. The average molecular weight is 138 g/mol. The molecule has 0 bridgehead atoms. The van der Waals surface area contributed by atoms with Gasteiger partial charge in [0.2, 0.25) is 0 Å². The van der Waals surface area contributed by atoms with Crippen LogP contribution in [0.25, 0.3) is 0 Å². The maximum Gasteiger partial charge on any atom is -0.0269 e. The number of hydrogen-bond donors (Lipinski definition) is 0. The second kappa shape index (κ2) is 1.99. The summed E-state index contributed by atoms with van der Waals surface area (Å²) < 4.78 is 0. The van der Waals surface area contributed by atoms with Crippen LogP contribution in [-0.4, -0.2) is 0 Å². The largest absolute Gasteiger partial charge is 0.0648 e. The van der Waals surface area contributed by atoms with Gasteiger partial charge in [-0.3, -0.25) is 0 Å². The van der Waals surface area contributed by atoms with E-state index in [9.17, 15) is 0 Å². The fourth-order valence-electron chi connectivity index (χ4n) is 2.61. The van der Waals surface area contributed by atoms with E-state index in [0.29, 0.717) is 0 Å². The van der Waals surface area contributed by atoms with Crippen LogP contribution in [-0.2, 0) is 0 Å². The van der Waals surface area contributed by atoms with Gasteiger partial charge >= 0.3 is 0 Å². The van der Waals surface area contributed by atoms with Crippen molar-refractivity contribution in [3.05, 3.63) is 0 Å². The van der Waals surface area contributed by atoms with Gasteiger partial charge in [-0.1, -0.05) is 26.7 Å². The van der Waals surface area contributed by atoms with Crippen LogP contribution in [0, 0.1) is 17.3 Å². The van der Waals surface area contributed by atoms with Crippen LogP contribution in [0.15, 0.2) is 0 Å². The first-order valence-electron chi connectivity index (χ1n) is 4.82. The van der Waals surface area contributed by atoms with Crippen molar-refractivity contribution < 1.29 is 0 Å². The molecule has 0 radical (unpaired) electrons. The van der Waals surface area contributed by atoms with E-state index >= 15 is 0 Å². The normalized spacial score (nSPS) is 36.0. The van der Waals surface area contributed by atoms with Gasteiger partial charge in [-0.25, -0.2) is 0 Å². The van der Waals surface area contributed by atoms with Crippen LogP contribution in [0.4, 0.5) is 0 Å². The molecule has 0 heterocycles. The molecular weight excluding hydrogens is 120 g/mol. The van der Waals surface area contributed by atoms with Crippen LogP contribution in [0.2, 0.25) is 0 Å². The highest BCUT2D eigenvalue weighted by Crippen LogP contribution is 2.66. The van der Waals surface area contributed by atoms with E-state index < -0.39 is 0 Å². The molecule has 0 spiro atoms. The summed E-state index contributed by atoms with van der Waals surface area (Å²) in [6, 6.07) is 0. The van der Waals surface area contributed by atoms with Gasteiger partial charge in [0.1, 0.15) is 0 Å². The molecule has 1 unspecified atom stereocenters. The summed E-state index contributed by atoms with van der Waals surface area (Å²) in [4.78, 5) is 0. The molecule has 2 fully saturated rings. The van der Waals surface area contributed by atoms with Gasteiger partial charge in [0.15, 0.2) is 0 Å². The molecule has 0 N–H and O–H groups in total. The van der Waals surface area contributed by atoms with Crippen molar-refractivity contribution in [2.24, 2.45) is 17.3 Å². The first-order valence-corrected chi connectivity index (χ1v) is 4.82. The summed E-state index contributed by atoms with van der Waals surface area (Å²) in [6.45, 7) is 4.73. The van der Waals surface area contributed by atoms with E-state index in [0.717, 1.165) is 11.3 Å². The Balaban J connectivity index is 1.93. The quantitative estimate of drug-likeness (QED) is 0.561. The highest BCUT2D eigenvalue weighted by Gasteiger charge is 2.56. The van der Waals surface area contributed by atoms with Crippen LogP contribution in [0.3, 0.4) is 0 Å². The van der Waals surface area contributed by atoms with Crippen molar-refractivity contribution in [1.29, 1.82) is 0 Å². The Hall–Kier alpha value is 0. The Morgan fingerprint density at radius 2 is 1.80 bits per heavy atom. The van der Waals surface area contributed by atoms with Crippen LogP contribution < -0.4 is 0 Å². The fourth-order valence-corrected chi connectivity index (χ4v) is 2.61. The highest BCUT2D eigenvalue weighted by atomic mass is 14.6. The minimum Gasteiger partial charge on any atom is -0.0648 e. The molecule has 1 atom stereocenters. The zero-order chi connectivity index (χ0) is 7.19. The fraction of sp³-hybridized carbons (Fsp3) is 1.00. The summed E-state index contributed by atoms with van der Waals surface area (Å²) >= 11 is 0. The molecule has 0 aliphatic heterocycles. The second-order valence-electron chi connectivity index (χ2n) is 4.22. The second-order valence-corrected chi connectivity index (χ2v) is 4.22. The van der Waals surface area contributed by atoms with Crippen molar-refractivity contribution >= 4 is 0 Å². The van der Waals surface area contributed by atoms with Gasteiger partial charge in [-0.2, -0.15) is 0 Å². The van der Waals surface area contributed by atoms with Gasteiger partial charge in [-0.05, 0) is 36.5 Å². The van der Waals surface area contributed by atoms with E-state index in [-0.39, 0.29) is 0 Å². The molecule has 2 aliphatic carbocycles. The molecule has 58 valence electrons. The summed E-state index contributed by atoms with van der Waals surface area (Å²) in [5.74, 6) is 2.32. The van der Waals surface area contributed by atoms with Crippen molar-refractivity contribution in [2.45, 2.75) is 46.0 Å². The van der Waals surface area contributed by atoms with E-state index in [4.69, 9.17) is 0 Å². The Bertz CT molecular complexity index is 129. The van der Waals surface area contributed by atoms with Gasteiger partial charge in [0, 0.05) is 0 Å². The van der Waals surface area contributed by atoms with Crippen LogP contribution in [0.1, 0.15) is 46.0 Å². The lowest BCUT2D eigenvalue weighted by Crippen LogP contribution is -2.00. The number of rotatable bonds is 3. The van der Waals surface area contributed by atoms with Gasteiger partial charge in [0.25, 0.3) is 0 Å². The number of hydrogen-bond acceptors (Lipinski definition) is 0. The lowest BCUT2D eigenvalue weighted by atomic mass is 9.95. The van der Waals surface area contributed by atoms with E-state index in [1.807, 2.05) is 0 Å². The standard InChI is InChI=1S/C10H18/c1-3-10(4-2)7-9(10)8-5-6-8/h8-9H,3-7H2,1-2H3. The minimum atomic E-state index is 0.834. The molecule has 0 heteroatoms. The van der Waals surface area contributed by atoms with Gasteiger partial charge < -0.3 is 0 Å². The van der Waals surface area contributed by atoms with Crippen molar-refractivity contribution in [2.75, 3.05) is 0 Å². The Labute approximate surface area is 64.0 Å².